The van der Waals surface area contributed by atoms with Gasteiger partial charge in [-0.05, 0) is 36.8 Å². The normalized spacial score (nSPS) is 11.5. The molecule has 0 atom stereocenters. The quantitative estimate of drug-likeness (QED) is 0.474. The molecular weight excluding hydrogens is 408 g/mol. The van der Waals surface area contributed by atoms with E-state index in [0.717, 1.165) is 22.3 Å². The van der Waals surface area contributed by atoms with Crippen molar-refractivity contribution in [2.75, 3.05) is 0 Å². The average Bonchev–Trinajstić information content (AvgIpc) is 2.72. The predicted molar refractivity (Wildman–Crippen MR) is 108 cm³/mol. The van der Waals surface area contributed by atoms with Crippen LogP contribution in [0.15, 0.2) is 74.5 Å². The Morgan fingerprint density at radius 2 is 1.70 bits per heavy atom. The summed E-state index contributed by atoms with van der Waals surface area (Å²) in [7, 11) is -4.34. The van der Waals surface area contributed by atoms with E-state index in [1.54, 1.807) is 24.3 Å². The summed E-state index contributed by atoms with van der Waals surface area (Å²) in [6.07, 6.45) is 0. The van der Waals surface area contributed by atoms with Crippen molar-refractivity contribution in [3.8, 4) is 11.9 Å². The molecule has 0 amide bonds. The number of hydrogen-bond donors (Lipinski definition) is 2. The highest BCUT2D eigenvalue weighted by Crippen LogP contribution is 2.27. The molecule has 3 aromatic rings. The lowest BCUT2D eigenvalue weighted by Crippen LogP contribution is -2.22. The first kappa shape index (κ1) is 20.9. The molecule has 0 saturated heterocycles. The van der Waals surface area contributed by atoms with E-state index >= 15 is 0 Å². The van der Waals surface area contributed by atoms with E-state index in [0.29, 0.717) is 0 Å². The van der Waals surface area contributed by atoms with Crippen LogP contribution in [0, 0.1) is 18.3 Å². The number of nitrogens with zero attached hydrogens (tertiary/aromatic N) is 4. The van der Waals surface area contributed by atoms with E-state index in [-0.39, 0.29) is 33.9 Å². The van der Waals surface area contributed by atoms with Crippen molar-refractivity contribution in [2.24, 2.45) is 10.2 Å². The van der Waals surface area contributed by atoms with E-state index in [2.05, 4.69) is 10.2 Å². The smallest absolute Gasteiger partial charge is 0.294 e. The number of nitriles is 1. The van der Waals surface area contributed by atoms with Crippen LogP contribution in [-0.2, 0) is 16.7 Å². The maximum absolute atomic E-state index is 12.9. The molecule has 2 aromatic carbocycles. The highest BCUT2D eigenvalue weighted by molar-refractivity contribution is 7.85. The van der Waals surface area contributed by atoms with E-state index in [4.69, 9.17) is 4.55 Å². The fraction of sp³-hybridized carbons (Fsp3) is 0.100. The van der Waals surface area contributed by atoms with Gasteiger partial charge in [-0.3, -0.25) is 13.9 Å². The van der Waals surface area contributed by atoms with Crippen LogP contribution in [0.5, 0.6) is 5.88 Å². The molecule has 0 saturated carbocycles. The van der Waals surface area contributed by atoms with Crippen molar-refractivity contribution in [2.45, 2.75) is 18.4 Å². The van der Waals surface area contributed by atoms with Crippen LogP contribution in [0.2, 0.25) is 0 Å². The van der Waals surface area contributed by atoms with Crippen molar-refractivity contribution < 1.29 is 18.1 Å². The largest absolute Gasteiger partial charge is 0.493 e. The maximum Gasteiger partial charge on any atom is 0.294 e. The summed E-state index contributed by atoms with van der Waals surface area (Å²) in [6, 6.07) is 15.7. The van der Waals surface area contributed by atoms with Crippen LogP contribution < -0.4 is 5.56 Å². The molecule has 0 unspecified atom stereocenters. The van der Waals surface area contributed by atoms with Gasteiger partial charge in [0.1, 0.15) is 11.6 Å². The minimum Gasteiger partial charge on any atom is -0.493 e. The molecule has 0 fully saturated rings. The van der Waals surface area contributed by atoms with E-state index in [1.807, 2.05) is 12.1 Å². The van der Waals surface area contributed by atoms with Gasteiger partial charge in [0.2, 0.25) is 5.88 Å². The summed E-state index contributed by atoms with van der Waals surface area (Å²) in [6.45, 7) is 1.51. The Balaban J connectivity index is 2.06. The summed E-state index contributed by atoms with van der Waals surface area (Å²) in [5, 5.41) is 27.7. The fourth-order valence-corrected chi connectivity index (χ4v) is 3.24. The van der Waals surface area contributed by atoms with Gasteiger partial charge in [-0.1, -0.05) is 30.3 Å². The van der Waals surface area contributed by atoms with Crippen molar-refractivity contribution in [1.29, 1.82) is 5.26 Å². The van der Waals surface area contributed by atoms with Gasteiger partial charge in [0.05, 0.1) is 17.1 Å². The summed E-state index contributed by atoms with van der Waals surface area (Å²) in [4.78, 5) is 12.6. The predicted octanol–water partition coefficient (Wildman–Crippen LogP) is 3.44. The third-order valence-electron chi connectivity index (χ3n) is 4.35. The van der Waals surface area contributed by atoms with Crippen LogP contribution in [0.25, 0.3) is 0 Å². The molecule has 152 valence electrons. The SMILES string of the molecule is Cc1c(C#N)c(O)n(Cc2ccccc2)c(=O)c1N=Nc1ccc(S(=O)(=O)O)cc1. The van der Waals surface area contributed by atoms with Crippen molar-refractivity contribution in [3.63, 3.8) is 0 Å². The monoisotopic (exact) mass is 424 g/mol. The molecule has 10 heteroatoms. The van der Waals surface area contributed by atoms with Gasteiger partial charge in [0.15, 0.2) is 5.69 Å². The molecule has 2 N–H and O–H groups in total. The lowest BCUT2D eigenvalue weighted by Gasteiger charge is -2.13. The van der Waals surface area contributed by atoms with Crippen LogP contribution in [0.4, 0.5) is 11.4 Å². The first-order chi connectivity index (χ1) is 14.2. The van der Waals surface area contributed by atoms with Crippen molar-refractivity contribution in [3.05, 3.63) is 81.6 Å². The van der Waals surface area contributed by atoms with Crippen LogP contribution in [0.1, 0.15) is 16.7 Å². The second-order valence-electron chi connectivity index (χ2n) is 6.33. The molecule has 1 aromatic heterocycles. The van der Waals surface area contributed by atoms with Gasteiger partial charge < -0.3 is 5.11 Å². The number of benzene rings is 2. The second kappa shape index (κ2) is 8.28. The maximum atomic E-state index is 12.9. The zero-order valence-electron chi connectivity index (χ0n) is 15.7. The molecule has 0 aliphatic heterocycles. The Hall–Kier alpha value is -3.81. The van der Waals surface area contributed by atoms with Crippen LogP contribution in [0.3, 0.4) is 0 Å². The fourth-order valence-electron chi connectivity index (χ4n) is 2.76. The third kappa shape index (κ3) is 4.27. The lowest BCUT2D eigenvalue weighted by atomic mass is 10.1. The molecule has 0 spiro atoms. The number of pyridine rings is 1. The summed E-state index contributed by atoms with van der Waals surface area (Å²) in [5.41, 5.74) is 0.280. The van der Waals surface area contributed by atoms with Gasteiger partial charge in [0.25, 0.3) is 15.7 Å². The first-order valence-electron chi connectivity index (χ1n) is 8.62. The molecule has 0 radical (unpaired) electrons. The zero-order valence-corrected chi connectivity index (χ0v) is 16.5. The van der Waals surface area contributed by atoms with E-state index in [9.17, 15) is 23.6 Å². The molecule has 30 heavy (non-hydrogen) atoms. The molecule has 1 heterocycles. The van der Waals surface area contributed by atoms with Gasteiger partial charge in [0, 0.05) is 5.56 Å². The standard InChI is InChI=1S/C20H16N4O5S/c1-13-17(11-21)19(25)24(12-14-5-3-2-4-6-14)20(26)18(13)23-22-15-7-9-16(10-8-15)30(27,28)29/h2-10,25H,12H2,1H3,(H,27,28,29). The van der Waals surface area contributed by atoms with Crippen LogP contribution >= 0.6 is 0 Å². The summed E-state index contributed by atoms with van der Waals surface area (Å²) in [5.74, 6) is -0.458. The third-order valence-corrected chi connectivity index (χ3v) is 5.22. The number of aromatic hydroxyl groups is 1. The minimum atomic E-state index is -4.34. The number of rotatable bonds is 5. The summed E-state index contributed by atoms with van der Waals surface area (Å²) >= 11 is 0. The molecule has 0 aliphatic carbocycles. The zero-order chi connectivity index (χ0) is 21.9. The number of hydrogen-bond acceptors (Lipinski definition) is 7. The number of aromatic nitrogens is 1. The van der Waals surface area contributed by atoms with Gasteiger partial charge >= 0.3 is 0 Å². The molecule has 3 rings (SSSR count). The molecule has 0 aliphatic rings. The average molecular weight is 424 g/mol. The van der Waals surface area contributed by atoms with E-state index in [1.165, 1.54) is 19.1 Å². The van der Waals surface area contributed by atoms with Gasteiger partial charge in [-0.2, -0.15) is 18.8 Å². The molecular formula is C20H16N4O5S. The van der Waals surface area contributed by atoms with Crippen LogP contribution in [-0.4, -0.2) is 22.6 Å². The van der Waals surface area contributed by atoms with Crippen molar-refractivity contribution >= 4 is 21.5 Å². The Bertz CT molecular complexity index is 1320. The number of azo groups is 1. The van der Waals surface area contributed by atoms with Crippen molar-refractivity contribution in [1.82, 2.24) is 4.57 Å². The highest BCUT2D eigenvalue weighted by atomic mass is 32.2. The van der Waals surface area contributed by atoms with E-state index < -0.39 is 21.6 Å². The first-order valence-corrected chi connectivity index (χ1v) is 10.1. The second-order valence-corrected chi connectivity index (χ2v) is 7.75. The van der Waals surface area contributed by atoms with Gasteiger partial charge in [-0.25, -0.2) is 0 Å². The lowest BCUT2D eigenvalue weighted by molar-refractivity contribution is 0.412. The Labute approximate surface area is 171 Å². The Morgan fingerprint density at radius 3 is 2.27 bits per heavy atom. The molecule has 9 nitrogen and oxygen atoms in total. The topological polar surface area (TPSA) is 145 Å². The highest BCUT2D eigenvalue weighted by Gasteiger charge is 2.19. The Kier molecular flexibility index (Phi) is 5.77. The Morgan fingerprint density at radius 1 is 1.07 bits per heavy atom. The van der Waals surface area contributed by atoms with Gasteiger partial charge in [-0.15, -0.1) is 5.11 Å². The minimum absolute atomic E-state index is 0.0338. The molecule has 0 bridgehead atoms. The summed E-state index contributed by atoms with van der Waals surface area (Å²) < 4.78 is 32.3.